The number of halogens is 1. The summed E-state index contributed by atoms with van der Waals surface area (Å²) in [7, 11) is 0. The molecule has 2 aromatic carbocycles. The molecule has 2 heterocycles. The van der Waals surface area contributed by atoms with Gasteiger partial charge >= 0.3 is 0 Å². The van der Waals surface area contributed by atoms with Crippen LogP contribution in [0, 0.1) is 5.82 Å². The molecule has 0 aliphatic carbocycles. The van der Waals surface area contributed by atoms with Crippen LogP contribution in [0.25, 0.3) is 0 Å². The second kappa shape index (κ2) is 10.2. The van der Waals surface area contributed by atoms with Crippen LogP contribution in [0.3, 0.4) is 0 Å². The van der Waals surface area contributed by atoms with Crippen LogP contribution in [-0.2, 0) is 11.3 Å². The predicted octanol–water partition coefficient (Wildman–Crippen LogP) is 3.34. The smallest absolute Gasteiger partial charge is 0.252 e. The molecule has 34 heavy (non-hydrogen) atoms. The van der Waals surface area contributed by atoms with Crippen molar-refractivity contribution in [3.8, 4) is 0 Å². The highest BCUT2D eigenvalue weighted by molar-refractivity contribution is 5.98. The standard InChI is InChI=1S/C25H27FN6O2/c1-17(33)31-10-12-32(13-11-31)21-8-6-20(7-9-21)30-24-14-23(22(16-29-24)25(27)34)28-15-18-2-4-19(26)5-3-18/h2-9,14,16H,10-13,15H2,1H3,(H2,27,34)(H2,28,29,30). The number of anilines is 4. The van der Waals surface area contributed by atoms with Gasteiger partial charge in [0, 0.05) is 63.3 Å². The molecule has 176 valence electrons. The molecule has 9 heteroatoms. The van der Waals surface area contributed by atoms with Crippen molar-refractivity contribution in [3.63, 3.8) is 0 Å². The summed E-state index contributed by atoms with van der Waals surface area (Å²) in [6.07, 6.45) is 1.43. The van der Waals surface area contributed by atoms with Crippen LogP contribution in [-0.4, -0.2) is 47.9 Å². The molecule has 4 rings (SSSR count). The molecule has 1 fully saturated rings. The first-order valence-corrected chi connectivity index (χ1v) is 11.0. The highest BCUT2D eigenvalue weighted by Crippen LogP contribution is 2.24. The molecule has 2 amide bonds. The number of rotatable bonds is 7. The number of pyridine rings is 1. The van der Waals surface area contributed by atoms with Crippen molar-refractivity contribution in [2.45, 2.75) is 13.5 Å². The highest BCUT2D eigenvalue weighted by Gasteiger charge is 2.18. The van der Waals surface area contributed by atoms with E-state index in [2.05, 4.69) is 20.5 Å². The quantitative estimate of drug-likeness (QED) is 0.498. The van der Waals surface area contributed by atoms with E-state index >= 15 is 0 Å². The fourth-order valence-corrected chi connectivity index (χ4v) is 3.85. The molecule has 0 bridgehead atoms. The lowest BCUT2D eigenvalue weighted by Crippen LogP contribution is -2.48. The number of carbonyl (C=O) groups excluding carboxylic acids is 2. The van der Waals surface area contributed by atoms with Gasteiger partial charge in [-0.25, -0.2) is 9.37 Å². The van der Waals surface area contributed by atoms with Crippen LogP contribution in [0.1, 0.15) is 22.8 Å². The normalized spacial score (nSPS) is 13.5. The third-order valence-electron chi connectivity index (χ3n) is 5.80. The maximum Gasteiger partial charge on any atom is 0.252 e. The number of hydrogen-bond donors (Lipinski definition) is 3. The van der Waals surface area contributed by atoms with E-state index in [1.165, 1.54) is 18.3 Å². The molecule has 4 N–H and O–H groups in total. The summed E-state index contributed by atoms with van der Waals surface area (Å²) in [6.45, 7) is 5.04. The van der Waals surface area contributed by atoms with Crippen molar-refractivity contribution in [1.82, 2.24) is 9.88 Å². The van der Waals surface area contributed by atoms with E-state index in [4.69, 9.17) is 5.73 Å². The van der Waals surface area contributed by atoms with Crippen molar-refractivity contribution in [1.29, 1.82) is 0 Å². The Morgan fingerprint density at radius 2 is 1.71 bits per heavy atom. The van der Waals surface area contributed by atoms with E-state index in [-0.39, 0.29) is 17.3 Å². The van der Waals surface area contributed by atoms with Gasteiger partial charge < -0.3 is 26.2 Å². The van der Waals surface area contributed by atoms with Crippen LogP contribution in [0.15, 0.2) is 60.8 Å². The molecule has 1 saturated heterocycles. The first-order valence-electron chi connectivity index (χ1n) is 11.0. The molecule has 0 unspecified atom stereocenters. The molecule has 1 aliphatic heterocycles. The van der Waals surface area contributed by atoms with Gasteiger partial charge in [0.2, 0.25) is 5.91 Å². The van der Waals surface area contributed by atoms with Gasteiger partial charge in [0.05, 0.1) is 11.3 Å². The summed E-state index contributed by atoms with van der Waals surface area (Å²) in [5.74, 6) is -0.230. The minimum absolute atomic E-state index is 0.112. The van der Waals surface area contributed by atoms with E-state index in [9.17, 15) is 14.0 Å². The first kappa shape index (κ1) is 23.0. The van der Waals surface area contributed by atoms with Crippen molar-refractivity contribution in [2.75, 3.05) is 41.7 Å². The monoisotopic (exact) mass is 462 g/mol. The predicted molar refractivity (Wildman–Crippen MR) is 131 cm³/mol. The minimum atomic E-state index is -0.588. The molecule has 3 aromatic rings. The van der Waals surface area contributed by atoms with Gasteiger partial charge in [0.15, 0.2) is 0 Å². The zero-order valence-electron chi connectivity index (χ0n) is 18.9. The number of hydrogen-bond acceptors (Lipinski definition) is 6. The molecule has 1 aromatic heterocycles. The summed E-state index contributed by atoms with van der Waals surface area (Å²) in [5.41, 5.74) is 9.11. The van der Waals surface area contributed by atoms with Gasteiger partial charge in [-0.1, -0.05) is 12.1 Å². The Bertz CT molecular complexity index is 1160. The third kappa shape index (κ3) is 5.61. The van der Waals surface area contributed by atoms with Crippen LogP contribution in [0.2, 0.25) is 0 Å². The Balaban J connectivity index is 1.43. The zero-order valence-corrected chi connectivity index (χ0v) is 18.9. The van der Waals surface area contributed by atoms with Crippen LogP contribution in [0.5, 0.6) is 0 Å². The number of nitrogens with two attached hydrogens (primary N) is 1. The molecule has 0 saturated carbocycles. The first-order chi connectivity index (χ1) is 16.4. The van der Waals surface area contributed by atoms with Gasteiger partial charge in [-0.2, -0.15) is 0 Å². The molecular weight excluding hydrogens is 435 g/mol. The average molecular weight is 463 g/mol. The summed E-state index contributed by atoms with van der Waals surface area (Å²) in [6, 6.07) is 15.8. The lowest BCUT2D eigenvalue weighted by Gasteiger charge is -2.35. The van der Waals surface area contributed by atoms with Crippen molar-refractivity contribution in [3.05, 3.63) is 77.7 Å². The molecular formula is C25H27FN6O2. The van der Waals surface area contributed by atoms with Gasteiger partial charge in [0.1, 0.15) is 11.6 Å². The Kier molecular flexibility index (Phi) is 6.91. The Hall–Kier alpha value is -4.14. The maximum atomic E-state index is 13.1. The van der Waals surface area contributed by atoms with E-state index in [1.54, 1.807) is 25.1 Å². The number of carbonyl (C=O) groups is 2. The van der Waals surface area contributed by atoms with E-state index in [1.807, 2.05) is 29.2 Å². The fraction of sp³-hybridized carbons (Fsp3) is 0.240. The third-order valence-corrected chi connectivity index (χ3v) is 5.80. The maximum absolute atomic E-state index is 13.1. The Labute approximate surface area is 197 Å². The summed E-state index contributed by atoms with van der Waals surface area (Å²) < 4.78 is 13.1. The number of piperazine rings is 1. The number of nitrogens with one attached hydrogen (secondary N) is 2. The van der Waals surface area contributed by atoms with Crippen LogP contribution in [0.4, 0.5) is 27.3 Å². The number of nitrogens with zero attached hydrogens (tertiary/aromatic N) is 3. The fourth-order valence-electron chi connectivity index (χ4n) is 3.85. The molecule has 8 nitrogen and oxygen atoms in total. The second-order valence-electron chi connectivity index (χ2n) is 8.12. The zero-order chi connectivity index (χ0) is 24.1. The molecule has 1 aliphatic rings. The lowest BCUT2D eigenvalue weighted by atomic mass is 10.2. The van der Waals surface area contributed by atoms with Crippen LogP contribution < -0.4 is 21.3 Å². The lowest BCUT2D eigenvalue weighted by molar-refractivity contribution is -0.129. The van der Waals surface area contributed by atoms with E-state index < -0.39 is 5.91 Å². The number of primary amides is 1. The Morgan fingerprint density at radius 3 is 2.32 bits per heavy atom. The van der Waals surface area contributed by atoms with Gasteiger partial charge in [0.25, 0.3) is 5.91 Å². The SMILES string of the molecule is CC(=O)N1CCN(c2ccc(Nc3cc(NCc4ccc(F)cc4)c(C(N)=O)cn3)cc2)CC1. The number of aromatic nitrogens is 1. The molecule has 0 radical (unpaired) electrons. The van der Waals surface area contributed by atoms with Crippen molar-refractivity contribution < 1.29 is 14.0 Å². The van der Waals surface area contributed by atoms with Gasteiger partial charge in [-0.3, -0.25) is 9.59 Å². The topological polar surface area (TPSA) is 104 Å². The van der Waals surface area contributed by atoms with Gasteiger partial charge in [-0.15, -0.1) is 0 Å². The largest absolute Gasteiger partial charge is 0.380 e. The summed E-state index contributed by atoms with van der Waals surface area (Å²) in [4.78, 5) is 31.8. The van der Waals surface area contributed by atoms with Crippen molar-refractivity contribution >= 4 is 34.7 Å². The number of amides is 2. The van der Waals surface area contributed by atoms with E-state index in [0.29, 0.717) is 18.1 Å². The van der Waals surface area contributed by atoms with E-state index in [0.717, 1.165) is 43.1 Å². The molecule has 0 spiro atoms. The summed E-state index contributed by atoms with van der Waals surface area (Å²) in [5, 5.41) is 6.43. The number of benzene rings is 2. The van der Waals surface area contributed by atoms with Gasteiger partial charge in [-0.05, 0) is 42.0 Å². The highest BCUT2D eigenvalue weighted by atomic mass is 19.1. The van der Waals surface area contributed by atoms with Crippen LogP contribution >= 0.6 is 0 Å². The summed E-state index contributed by atoms with van der Waals surface area (Å²) >= 11 is 0. The molecule has 0 atom stereocenters. The second-order valence-corrected chi connectivity index (χ2v) is 8.12. The average Bonchev–Trinajstić information content (AvgIpc) is 2.84. The minimum Gasteiger partial charge on any atom is -0.380 e. The Morgan fingerprint density at radius 1 is 1.03 bits per heavy atom. The van der Waals surface area contributed by atoms with Crippen molar-refractivity contribution in [2.24, 2.45) is 5.73 Å².